The van der Waals surface area contributed by atoms with Gasteiger partial charge in [0.15, 0.2) is 5.65 Å². The lowest BCUT2D eigenvalue weighted by Crippen LogP contribution is -2.39. The molecule has 21 heavy (non-hydrogen) atoms. The molecular weight excluding hydrogens is 260 g/mol. The summed E-state index contributed by atoms with van der Waals surface area (Å²) in [7, 11) is 0. The van der Waals surface area contributed by atoms with Gasteiger partial charge in [-0.1, -0.05) is 13.8 Å². The minimum atomic E-state index is 0.354. The van der Waals surface area contributed by atoms with Gasteiger partial charge in [-0.15, -0.1) is 0 Å². The van der Waals surface area contributed by atoms with Gasteiger partial charge in [0, 0.05) is 30.7 Å². The Morgan fingerprint density at radius 1 is 1.29 bits per heavy atom. The molecule has 2 aromatic rings. The number of piperidine rings is 1. The second-order valence-corrected chi connectivity index (χ2v) is 6.46. The maximum atomic E-state index is 5.99. The highest BCUT2D eigenvalue weighted by Gasteiger charge is 2.17. The summed E-state index contributed by atoms with van der Waals surface area (Å²) in [5.41, 5.74) is 9.39. The highest BCUT2D eigenvalue weighted by atomic mass is 15.1. The van der Waals surface area contributed by atoms with Crippen LogP contribution in [0.15, 0.2) is 24.5 Å². The molecule has 0 bridgehead atoms. The predicted octanol–water partition coefficient (Wildman–Crippen LogP) is 2.76. The third-order valence-corrected chi connectivity index (χ3v) is 4.20. The summed E-state index contributed by atoms with van der Waals surface area (Å²) >= 11 is 0. The highest BCUT2D eigenvalue weighted by molar-refractivity contribution is 5.82. The van der Waals surface area contributed by atoms with Crippen LogP contribution < -0.4 is 10.6 Å². The second kappa shape index (κ2) is 5.98. The number of nitrogens with zero attached hydrogens (tertiary/aromatic N) is 3. The molecule has 0 amide bonds. The van der Waals surface area contributed by atoms with Crippen molar-refractivity contribution < 1.29 is 0 Å². The van der Waals surface area contributed by atoms with E-state index in [1.54, 1.807) is 0 Å². The Labute approximate surface area is 126 Å². The standard InChI is InChI=1S/C17H24N4/c1-12(2)9-13-3-6-19-17-16(13)10-15(11-20-17)21-7-4-14(18)5-8-21/h3,6,10-12,14H,4-5,7-9,18H2,1-2H3. The molecule has 1 aliphatic rings. The zero-order chi connectivity index (χ0) is 14.8. The monoisotopic (exact) mass is 284 g/mol. The van der Waals surface area contributed by atoms with E-state index in [1.165, 1.54) is 16.6 Å². The molecule has 112 valence electrons. The van der Waals surface area contributed by atoms with E-state index in [9.17, 15) is 0 Å². The van der Waals surface area contributed by atoms with Crippen molar-refractivity contribution in [3.05, 3.63) is 30.1 Å². The first-order valence-corrected chi connectivity index (χ1v) is 7.87. The zero-order valence-corrected chi connectivity index (χ0v) is 12.9. The fourth-order valence-electron chi connectivity index (χ4n) is 3.02. The number of hydrogen-bond acceptors (Lipinski definition) is 4. The van der Waals surface area contributed by atoms with Crippen molar-refractivity contribution in [2.24, 2.45) is 11.7 Å². The average molecular weight is 284 g/mol. The molecule has 3 rings (SSSR count). The van der Waals surface area contributed by atoms with Gasteiger partial charge in [-0.25, -0.2) is 9.97 Å². The quantitative estimate of drug-likeness (QED) is 0.941. The molecule has 4 heteroatoms. The Morgan fingerprint density at radius 3 is 2.76 bits per heavy atom. The number of rotatable bonds is 3. The van der Waals surface area contributed by atoms with Crippen LogP contribution in [0.1, 0.15) is 32.3 Å². The lowest BCUT2D eigenvalue weighted by atomic mass is 10.00. The smallest absolute Gasteiger partial charge is 0.159 e. The van der Waals surface area contributed by atoms with Gasteiger partial charge in [0.25, 0.3) is 0 Å². The first-order valence-electron chi connectivity index (χ1n) is 7.87. The molecule has 0 unspecified atom stereocenters. The van der Waals surface area contributed by atoms with E-state index in [1.807, 2.05) is 12.4 Å². The summed E-state index contributed by atoms with van der Waals surface area (Å²) in [6, 6.07) is 4.73. The summed E-state index contributed by atoms with van der Waals surface area (Å²) < 4.78 is 0. The van der Waals surface area contributed by atoms with Crippen molar-refractivity contribution in [3.8, 4) is 0 Å². The van der Waals surface area contributed by atoms with Crippen LogP contribution in [0.4, 0.5) is 5.69 Å². The number of hydrogen-bond donors (Lipinski definition) is 1. The Kier molecular flexibility index (Phi) is 4.06. The maximum Gasteiger partial charge on any atom is 0.159 e. The Bertz CT molecular complexity index is 615. The highest BCUT2D eigenvalue weighted by Crippen LogP contribution is 2.25. The zero-order valence-electron chi connectivity index (χ0n) is 12.9. The van der Waals surface area contributed by atoms with Crippen LogP contribution in [0, 0.1) is 5.92 Å². The topological polar surface area (TPSA) is 55.0 Å². The first kappa shape index (κ1) is 14.3. The van der Waals surface area contributed by atoms with Gasteiger partial charge >= 0.3 is 0 Å². The molecule has 1 aliphatic heterocycles. The molecule has 2 aromatic heterocycles. The Hall–Kier alpha value is -1.68. The molecule has 3 heterocycles. The summed E-state index contributed by atoms with van der Waals surface area (Å²) in [5.74, 6) is 0.632. The van der Waals surface area contributed by atoms with Crippen molar-refractivity contribution in [2.75, 3.05) is 18.0 Å². The van der Waals surface area contributed by atoms with Crippen LogP contribution in [-0.4, -0.2) is 29.1 Å². The van der Waals surface area contributed by atoms with Gasteiger partial charge in [-0.2, -0.15) is 0 Å². The second-order valence-electron chi connectivity index (χ2n) is 6.46. The van der Waals surface area contributed by atoms with Crippen LogP contribution in [0.5, 0.6) is 0 Å². The van der Waals surface area contributed by atoms with E-state index in [0.717, 1.165) is 38.0 Å². The normalized spacial score (nSPS) is 16.9. The molecule has 1 saturated heterocycles. The molecule has 0 atom stereocenters. The van der Waals surface area contributed by atoms with Crippen molar-refractivity contribution in [3.63, 3.8) is 0 Å². The molecule has 0 aliphatic carbocycles. The molecular formula is C17H24N4. The van der Waals surface area contributed by atoms with E-state index < -0.39 is 0 Å². The fraction of sp³-hybridized carbons (Fsp3) is 0.529. The first-order chi connectivity index (χ1) is 10.1. The average Bonchev–Trinajstić information content (AvgIpc) is 2.47. The minimum Gasteiger partial charge on any atom is -0.370 e. The molecule has 0 spiro atoms. The third kappa shape index (κ3) is 3.16. The molecule has 0 aromatic carbocycles. The van der Waals surface area contributed by atoms with E-state index in [4.69, 9.17) is 5.73 Å². The Balaban J connectivity index is 1.94. The minimum absolute atomic E-state index is 0.354. The van der Waals surface area contributed by atoms with Crippen LogP contribution in [0.25, 0.3) is 11.0 Å². The van der Waals surface area contributed by atoms with Gasteiger partial charge in [0.1, 0.15) is 0 Å². The van der Waals surface area contributed by atoms with Crippen LogP contribution in [0.2, 0.25) is 0 Å². The lowest BCUT2D eigenvalue weighted by Gasteiger charge is -2.31. The largest absolute Gasteiger partial charge is 0.370 e. The summed E-state index contributed by atoms with van der Waals surface area (Å²) in [6.07, 6.45) is 7.00. The van der Waals surface area contributed by atoms with Crippen LogP contribution in [0.3, 0.4) is 0 Å². The van der Waals surface area contributed by atoms with E-state index in [0.29, 0.717) is 12.0 Å². The van der Waals surface area contributed by atoms with Gasteiger partial charge in [-0.3, -0.25) is 0 Å². The van der Waals surface area contributed by atoms with Gasteiger partial charge < -0.3 is 10.6 Å². The number of fused-ring (bicyclic) bond motifs is 1. The third-order valence-electron chi connectivity index (χ3n) is 4.20. The van der Waals surface area contributed by atoms with Crippen molar-refractivity contribution in [1.82, 2.24) is 9.97 Å². The molecule has 2 N–H and O–H groups in total. The van der Waals surface area contributed by atoms with Crippen molar-refractivity contribution in [1.29, 1.82) is 0 Å². The molecule has 0 radical (unpaired) electrons. The number of nitrogens with two attached hydrogens (primary N) is 1. The van der Waals surface area contributed by atoms with Gasteiger partial charge in [0.2, 0.25) is 0 Å². The van der Waals surface area contributed by atoms with Gasteiger partial charge in [0.05, 0.1) is 11.9 Å². The molecule has 1 fully saturated rings. The number of anilines is 1. The predicted molar refractivity (Wildman–Crippen MR) is 87.5 cm³/mol. The number of aromatic nitrogens is 2. The van der Waals surface area contributed by atoms with Crippen LogP contribution in [-0.2, 0) is 6.42 Å². The van der Waals surface area contributed by atoms with Crippen molar-refractivity contribution in [2.45, 2.75) is 39.2 Å². The Morgan fingerprint density at radius 2 is 2.05 bits per heavy atom. The maximum absolute atomic E-state index is 5.99. The van der Waals surface area contributed by atoms with Crippen LogP contribution >= 0.6 is 0 Å². The van der Waals surface area contributed by atoms with E-state index in [2.05, 4.69) is 40.8 Å². The summed E-state index contributed by atoms with van der Waals surface area (Å²) in [5, 5.41) is 1.19. The van der Waals surface area contributed by atoms with E-state index >= 15 is 0 Å². The fourth-order valence-corrected chi connectivity index (χ4v) is 3.02. The summed E-state index contributed by atoms with van der Waals surface area (Å²) in [4.78, 5) is 11.3. The molecule has 4 nitrogen and oxygen atoms in total. The SMILES string of the molecule is CC(C)Cc1ccnc2ncc(N3CCC(N)CC3)cc12. The van der Waals surface area contributed by atoms with Crippen molar-refractivity contribution >= 4 is 16.7 Å². The summed E-state index contributed by atoms with van der Waals surface area (Å²) in [6.45, 7) is 6.54. The molecule has 0 saturated carbocycles. The number of pyridine rings is 2. The van der Waals surface area contributed by atoms with Gasteiger partial charge in [-0.05, 0) is 42.9 Å². The van der Waals surface area contributed by atoms with E-state index in [-0.39, 0.29) is 0 Å². The lowest BCUT2D eigenvalue weighted by molar-refractivity contribution is 0.501.